The molecule has 4 rings (SSSR count). The molecule has 30 heavy (non-hydrogen) atoms. The molecule has 1 saturated heterocycles. The Bertz CT molecular complexity index is 1020. The van der Waals surface area contributed by atoms with E-state index in [-0.39, 0.29) is 18.2 Å². The molecule has 0 aliphatic carbocycles. The first-order chi connectivity index (χ1) is 14.4. The molecule has 1 aromatic carbocycles. The fraction of sp³-hybridized carbons (Fsp3) is 0.350. The summed E-state index contributed by atoms with van der Waals surface area (Å²) in [7, 11) is 0. The van der Waals surface area contributed by atoms with Gasteiger partial charge in [0.05, 0.1) is 24.4 Å². The molecule has 0 saturated carbocycles. The van der Waals surface area contributed by atoms with Crippen LogP contribution >= 0.6 is 0 Å². The van der Waals surface area contributed by atoms with E-state index in [1.54, 1.807) is 24.3 Å². The van der Waals surface area contributed by atoms with E-state index in [9.17, 15) is 17.6 Å². The van der Waals surface area contributed by atoms with E-state index in [0.717, 1.165) is 5.56 Å². The fourth-order valence-corrected chi connectivity index (χ4v) is 3.15. The summed E-state index contributed by atoms with van der Waals surface area (Å²) >= 11 is 0. The van der Waals surface area contributed by atoms with Gasteiger partial charge in [0.25, 0.3) is 0 Å². The highest BCUT2D eigenvalue weighted by molar-refractivity contribution is 5.87. The Balaban J connectivity index is 1.72. The van der Waals surface area contributed by atoms with Crippen LogP contribution in [0, 0.1) is 5.82 Å². The van der Waals surface area contributed by atoms with E-state index in [4.69, 9.17) is 9.47 Å². The molecule has 0 atom stereocenters. The van der Waals surface area contributed by atoms with Crippen molar-refractivity contribution in [2.45, 2.75) is 12.8 Å². The van der Waals surface area contributed by atoms with Gasteiger partial charge < -0.3 is 14.4 Å². The van der Waals surface area contributed by atoms with E-state index >= 15 is 0 Å². The molecule has 1 fully saturated rings. The van der Waals surface area contributed by atoms with Crippen LogP contribution < -0.4 is 4.90 Å². The molecular formula is C20H18F4N4O2. The van der Waals surface area contributed by atoms with Crippen molar-refractivity contribution in [3.63, 3.8) is 0 Å². The number of halogens is 4. The summed E-state index contributed by atoms with van der Waals surface area (Å²) in [5, 5.41) is 0. The van der Waals surface area contributed by atoms with Crippen LogP contribution in [0.2, 0.25) is 0 Å². The number of pyridine rings is 1. The summed E-state index contributed by atoms with van der Waals surface area (Å²) in [6.45, 7) is 0.399. The van der Waals surface area contributed by atoms with E-state index in [2.05, 4.69) is 15.0 Å². The third kappa shape index (κ3) is 4.82. The number of morpholine rings is 1. The third-order valence-electron chi connectivity index (χ3n) is 4.52. The fourth-order valence-electron chi connectivity index (χ4n) is 3.15. The summed E-state index contributed by atoms with van der Waals surface area (Å²) in [5.41, 5.74) is 2.34. The molecule has 6 nitrogen and oxygen atoms in total. The van der Waals surface area contributed by atoms with Gasteiger partial charge in [-0.05, 0) is 36.4 Å². The van der Waals surface area contributed by atoms with Crippen LogP contribution in [0.15, 0.2) is 36.4 Å². The minimum absolute atomic E-state index is 0.143. The minimum atomic E-state index is -4.42. The summed E-state index contributed by atoms with van der Waals surface area (Å²) in [6, 6.07) is 9.39. The number of benzene rings is 1. The van der Waals surface area contributed by atoms with Crippen LogP contribution in [0.4, 0.5) is 23.4 Å². The van der Waals surface area contributed by atoms with Crippen molar-refractivity contribution in [3.8, 4) is 11.3 Å². The maximum atomic E-state index is 13.2. The SMILES string of the molecule is Fc1ccc(-c2ccc3nc(COCC(F)(F)F)nc(N4CCOCC4)c3n2)cc1. The summed E-state index contributed by atoms with van der Waals surface area (Å²) in [6.07, 6.45) is -4.42. The Hall–Kier alpha value is -2.85. The number of nitrogens with zero attached hydrogens (tertiary/aromatic N) is 4. The lowest BCUT2D eigenvalue weighted by Crippen LogP contribution is -2.37. The van der Waals surface area contributed by atoms with Gasteiger partial charge in [0, 0.05) is 18.7 Å². The van der Waals surface area contributed by atoms with Crippen LogP contribution in [-0.4, -0.2) is 54.0 Å². The lowest BCUT2D eigenvalue weighted by Gasteiger charge is -2.28. The van der Waals surface area contributed by atoms with Gasteiger partial charge in [0.1, 0.15) is 24.5 Å². The molecule has 3 aromatic rings. The zero-order valence-electron chi connectivity index (χ0n) is 15.8. The van der Waals surface area contributed by atoms with Crippen molar-refractivity contribution in [2.75, 3.05) is 37.8 Å². The number of rotatable bonds is 5. The van der Waals surface area contributed by atoms with E-state index in [1.165, 1.54) is 12.1 Å². The molecule has 0 amide bonds. The highest BCUT2D eigenvalue weighted by Crippen LogP contribution is 2.27. The lowest BCUT2D eigenvalue weighted by molar-refractivity contribution is -0.177. The zero-order valence-corrected chi connectivity index (χ0v) is 15.8. The van der Waals surface area contributed by atoms with Crippen LogP contribution in [0.5, 0.6) is 0 Å². The molecule has 1 aliphatic heterocycles. The number of ether oxygens (including phenoxy) is 2. The number of anilines is 1. The molecule has 158 valence electrons. The number of aromatic nitrogens is 3. The van der Waals surface area contributed by atoms with Crippen molar-refractivity contribution < 1.29 is 27.0 Å². The second-order valence-electron chi connectivity index (χ2n) is 6.74. The second-order valence-corrected chi connectivity index (χ2v) is 6.74. The maximum Gasteiger partial charge on any atom is 0.411 e. The van der Waals surface area contributed by atoms with Crippen LogP contribution in [0.3, 0.4) is 0 Å². The van der Waals surface area contributed by atoms with Crippen molar-refractivity contribution in [2.24, 2.45) is 0 Å². The summed E-state index contributed by atoms with van der Waals surface area (Å²) in [5.74, 6) is 0.308. The summed E-state index contributed by atoms with van der Waals surface area (Å²) < 4.78 is 60.5. The number of alkyl halides is 3. The lowest BCUT2D eigenvalue weighted by atomic mass is 10.1. The van der Waals surface area contributed by atoms with Gasteiger partial charge >= 0.3 is 6.18 Å². The highest BCUT2D eigenvalue weighted by atomic mass is 19.4. The molecule has 0 spiro atoms. The first-order valence-corrected chi connectivity index (χ1v) is 9.30. The quantitative estimate of drug-likeness (QED) is 0.584. The average Bonchev–Trinajstić information content (AvgIpc) is 2.73. The largest absolute Gasteiger partial charge is 0.411 e. The molecule has 0 bridgehead atoms. The number of hydrogen-bond acceptors (Lipinski definition) is 6. The summed E-state index contributed by atoms with van der Waals surface area (Å²) in [4.78, 5) is 15.4. The van der Waals surface area contributed by atoms with Gasteiger partial charge in [-0.15, -0.1) is 0 Å². The Labute approximate surface area is 169 Å². The van der Waals surface area contributed by atoms with E-state index in [1.807, 2.05) is 4.90 Å². The zero-order chi connectivity index (χ0) is 21.1. The molecule has 1 aliphatic rings. The van der Waals surface area contributed by atoms with Crippen LogP contribution in [0.25, 0.3) is 22.3 Å². The Kier molecular flexibility index (Phi) is 5.78. The Morgan fingerprint density at radius 1 is 0.967 bits per heavy atom. The predicted molar refractivity (Wildman–Crippen MR) is 101 cm³/mol. The monoisotopic (exact) mass is 422 g/mol. The smallest absolute Gasteiger partial charge is 0.378 e. The third-order valence-corrected chi connectivity index (χ3v) is 4.52. The van der Waals surface area contributed by atoms with Crippen LogP contribution in [0.1, 0.15) is 5.82 Å². The topological polar surface area (TPSA) is 60.4 Å². The van der Waals surface area contributed by atoms with Crippen LogP contribution in [-0.2, 0) is 16.1 Å². The van der Waals surface area contributed by atoms with Crippen molar-refractivity contribution in [3.05, 3.63) is 48.0 Å². The van der Waals surface area contributed by atoms with Crippen molar-refractivity contribution in [1.82, 2.24) is 15.0 Å². The van der Waals surface area contributed by atoms with E-state index < -0.39 is 12.8 Å². The molecule has 3 heterocycles. The van der Waals surface area contributed by atoms with Gasteiger partial charge in [-0.3, -0.25) is 0 Å². The Morgan fingerprint density at radius 3 is 2.40 bits per heavy atom. The Morgan fingerprint density at radius 2 is 1.70 bits per heavy atom. The second kappa shape index (κ2) is 8.49. The standard InChI is InChI=1S/C20H18F4N4O2/c21-14-3-1-13(2-4-14)15-5-6-16-18(26-15)19(28-7-9-29-10-8-28)27-17(25-16)11-30-12-20(22,23)24/h1-6H,7-12H2. The normalized spacial score (nSPS) is 15.0. The van der Waals surface area contributed by atoms with Gasteiger partial charge in [-0.2, -0.15) is 13.2 Å². The average molecular weight is 422 g/mol. The van der Waals surface area contributed by atoms with Crippen molar-refractivity contribution in [1.29, 1.82) is 0 Å². The van der Waals surface area contributed by atoms with Gasteiger partial charge in [-0.1, -0.05) is 0 Å². The number of fused-ring (bicyclic) bond motifs is 1. The van der Waals surface area contributed by atoms with Crippen molar-refractivity contribution >= 4 is 16.9 Å². The maximum absolute atomic E-state index is 13.2. The molecule has 0 N–H and O–H groups in total. The number of hydrogen-bond donors (Lipinski definition) is 0. The minimum Gasteiger partial charge on any atom is -0.378 e. The molecule has 2 aromatic heterocycles. The first kappa shape index (κ1) is 20.4. The first-order valence-electron chi connectivity index (χ1n) is 9.30. The van der Waals surface area contributed by atoms with Gasteiger partial charge in [0.15, 0.2) is 11.6 Å². The molecule has 0 radical (unpaired) electrons. The molecule has 0 unspecified atom stereocenters. The predicted octanol–water partition coefficient (Wildman–Crippen LogP) is 3.75. The highest BCUT2D eigenvalue weighted by Gasteiger charge is 2.28. The molecular weight excluding hydrogens is 404 g/mol. The van der Waals surface area contributed by atoms with E-state index in [0.29, 0.717) is 48.8 Å². The van der Waals surface area contributed by atoms with Gasteiger partial charge in [0.2, 0.25) is 0 Å². The molecule has 10 heteroatoms. The van der Waals surface area contributed by atoms with Gasteiger partial charge in [-0.25, -0.2) is 19.3 Å².